The largest absolute Gasteiger partial charge is 0.369 e. The quantitative estimate of drug-likeness (QED) is 0.903. The number of aromatic nitrogens is 1. The summed E-state index contributed by atoms with van der Waals surface area (Å²) in [6, 6.07) is 4.01. The zero-order valence-corrected chi connectivity index (χ0v) is 13.4. The van der Waals surface area contributed by atoms with Crippen LogP contribution in [0.15, 0.2) is 24.5 Å². The molecule has 23 heavy (non-hydrogen) atoms. The summed E-state index contributed by atoms with van der Waals surface area (Å²) in [6.07, 6.45) is 8.41. The van der Waals surface area contributed by atoms with Crippen molar-refractivity contribution in [3.05, 3.63) is 30.1 Å². The summed E-state index contributed by atoms with van der Waals surface area (Å²) in [5, 5.41) is 0. The molecule has 2 fully saturated rings. The maximum atomic E-state index is 12.9. The van der Waals surface area contributed by atoms with Gasteiger partial charge >= 0.3 is 0 Å². The SMILES string of the molecule is NC(=O)CN1CCCC[C@@H]2[C@H]1CCCN2C(=O)c1cccnc1. The molecule has 1 aromatic heterocycles. The number of nitrogens with zero attached hydrogens (tertiary/aromatic N) is 3. The topological polar surface area (TPSA) is 79.5 Å². The Bertz CT molecular complexity index is 563. The number of pyridine rings is 1. The molecule has 2 amide bonds. The van der Waals surface area contributed by atoms with Crippen LogP contribution in [0.25, 0.3) is 0 Å². The van der Waals surface area contributed by atoms with Gasteiger partial charge in [0.25, 0.3) is 5.91 Å². The highest BCUT2D eigenvalue weighted by atomic mass is 16.2. The summed E-state index contributed by atoms with van der Waals surface area (Å²) < 4.78 is 0. The number of carbonyl (C=O) groups excluding carboxylic acids is 2. The van der Waals surface area contributed by atoms with E-state index in [-0.39, 0.29) is 30.4 Å². The van der Waals surface area contributed by atoms with Crippen molar-refractivity contribution in [2.75, 3.05) is 19.6 Å². The molecule has 0 aromatic carbocycles. The second-order valence-corrected chi connectivity index (χ2v) is 6.45. The van der Waals surface area contributed by atoms with E-state index < -0.39 is 0 Å². The first-order valence-corrected chi connectivity index (χ1v) is 8.40. The molecule has 2 N–H and O–H groups in total. The van der Waals surface area contributed by atoms with Crippen molar-refractivity contribution in [2.24, 2.45) is 5.73 Å². The molecule has 2 atom stereocenters. The number of hydrogen-bond donors (Lipinski definition) is 1. The molecular weight excluding hydrogens is 292 g/mol. The molecule has 0 radical (unpaired) electrons. The molecule has 2 saturated heterocycles. The third-order valence-corrected chi connectivity index (χ3v) is 4.94. The molecule has 1 aromatic rings. The first-order chi connectivity index (χ1) is 11.2. The Labute approximate surface area is 136 Å². The summed E-state index contributed by atoms with van der Waals surface area (Å²) in [7, 11) is 0. The molecule has 6 nitrogen and oxygen atoms in total. The number of amides is 2. The second kappa shape index (κ2) is 7.08. The van der Waals surface area contributed by atoms with Gasteiger partial charge in [0.1, 0.15) is 0 Å². The maximum absolute atomic E-state index is 12.9. The van der Waals surface area contributed by atoms with E-state index in [2.05, 4.69) is 9.88 Å². The van der Waals surface area contributed by atoms with Gasteiger partial charge in [0.05, 0.1) is 12.1 Å². The number of hydrogen-bond acceptors (Lipinski definition) is 4. The van der Waals surface area contributed by atoms with Crippen LogP contribution in [-0.4, -0.2) is 58.3 Å². The monoisotopic (exact) mass is 316 g/mol. The van der Waals surface area contributed by atoms with Gasteiger partial charge < -0.3 is 10.6 Å². The van der Waals surface area contributed by atoms with Crippen molar-refractivity contribution in [3.63, 3.8) is 0 Å². The van der Waals surface area contributed by atoms with Crippen molar-refractivity contribution < 1.29 is 9.59 Å². The Morgan fingerprint density at radius 2 is 2.00 bits per heavy atom. The third-order valence-electron chi connectivity index (χ3n) is 4.94. The summed E-state index contributed by atoms with van der Waals surface area (Å²) >= 11 is 0. The Morgan fingerprint density at radius 3 is 2.74 bits per heavy atom. The molecule has 2 aliphatic rings. The van der Waals surface area contributed by atoms with Crippen LogP contribution in [0.4, 0.5) is 0 Å². The van der Waals surface area contributed by atoms with E-state index in [1.165, 1.54) is 0 Å². The molecule has 124 valence electrons. The van der Waals surface area contributed by atoms with E-state index >= 15 is 0 Å². The fourth-order valence-corrected chi connectivity index (χ4v) is 3.95. The predicted octanol–water partition coefficient (Wildman–Crippen LogP) is 1.03. The Hall–Kier alpha value is -1.95. The fourth-order valence-electron chi connectivity index (χ4n) is 3.95. The second-order valence-electron chi connectivity index (χ2n) is 6.45. The number of piperidine rings is 1. The van der Waals surface area contributed by atoms with Crippen molar-refractivity contribution in [1.29, 1.82) is 0 Å². The minimum absolute atomic E-state index is 0.0497. The van der Waals surface area contributed by atoms with E-state index in [9.17, 15) is 9.59 Å². The lowest BCUT2D eigenvalue weighted by atomic mass is 9.91. The maximum Gasteiger partial charge on any atom is 0.255 e. The fraction of sp³-hybridized carbons (Fsp3) is 0.588. The van der Waals surface area contributed by atoms with Crippen LogP contribution < -0.4 is 5.73 Å². The van der Waals surface area contributed by atoms with Gasteiger partial charge in [-0.05, 0) is 44.4 Å². The Kier molecular flexibility index (Phi) is 4.91. The van der Waals surface area contributed by atoms with Gasteiger partial charge in [-0.25, -0.2) is 0 Å². The lowest BCUT2D eigenvalue weighted by molar-refractivity contribution is -0.120. The number of likely N-dealkylation sites (tertiary alicyclic amines) is 2. The summed E-state index contributed by atoms with van der Waals surface area (Å²) in [5.74, 6) is -0.241. The van der Waals surface area contributed by atoms with Crippen LogP contribution in [0.3, 0.4) is 0 Å². The first kappa shape index (κ1) is 15.9. The number of fused-ring (bicyclic) bond motifs is 1. The Morgan fingerprint density at radius 1 is 1.17 bits per heavy atom. The molecule has 6 heteroatoms. The van der Waals surface area contributed by atoms with Crippen LogP contribution in [0.2, 0.25) is 0 Å². The summed E-state index contributed by atoms with van der Waals surface area (Å²) in [5.41, 5.74) is 6.05. The van der Waals surface area contributed by atoms with Gasteiger partial charge in [0.15, 0.2) is 0 Å². The van der Waals surface area contributed by atoms with E-state index in [1.54, 1.807) is 18.5 Å². The van der Waals surface area contributed by atoms with E-state index in [4.69, 9.17) is 5.73 Å². The minimum atomic E-state index is -0.290. The summed E-state index contributed by atoms with van der Waals surface area (Å²) in [6.45, 7) is 1.95. The zero-order valence-electron chi connectivity index (χ0n) is 13.4. The highest BCUT2D eigenvalue weighted by molar-refractivity contribution is 5.94. The van der Waals surface area contributed by atoms with Gasteiger partial charge in [0.2, 0.25) is 5.91 Å². The van der Waals surface area contributed by atoms with Gasteiger partial charge in [-0.3, -0.25) is 19.5 Å². The van der Waals surface area contributed by atoms with Gasteiger partial charge in [-0.2, -0.15) is 0 Å². The lowest BCUT2D eigenvalue weighted by Gasteiger charge is -2.44. The summed E-state index contributed by atoms with van der Waals surface area (Å²) in [4.78, 5) is 32.5. The zero-order chi connectivity index (χ0) is 16.2. The molecule has 3 heterocycles. The number of rotatable bonds is 3. The van der Waals surface area contributed by atoms with Gasteiger partial charge in [0, 0.05) is 31.0 Å². The normalized spacial score (nSPS) is 25.5. The highest BCUT2D eigenvalue weighted by Gasteiger charge is 2.39. The van der Waals surface area contributed by atoms with Crippen LogP contribution in [0, 0.1) is 0 Å². The van der Waals surface area contributed by atoms with E-state index in [0.29, 0.717) is 5.56 Å². The van der Waals surface area contributed by atoms with Crippen molar-refractivity contribution in [1.82, 2.24) is 14.8 Å². The van der Waals surface area contributed by atoms with Crippen molar-refractivity contribution >= 4 is 11.8 Å². The molecule has 0 unspecified atom stereocenters. The van der Waals surface area contributed by atoms with Gasteiger partial charge in [-0.1, -0.05) is 6.42 Å². The van der Waals surface area contributed by atoms with Crippen molar-refractivity contribution in [2.45, 2.75) is 44.2 Å². The Balaban J connectivity index is 1.82. The lowest BCUT2D eigenvalue weighted by Crippen LogP contribution is -2.57. The number of carbonyl (C=O) groups is 2. The average molecular weight is 316 g/mol. The predicted molar refractivity (Wildman–Crippen MR) is 86.7 cm³/mol. The van der Waals surface area contributed by atoms with Crippen LogP contribution in [0.1, 0.15) is 42.5 Å². The molecule has 0 aliphatic carbocycles. The van der Waals surface area contributed by atoms with Crippen LogP contribution in [-0.2, 0) is 4.79 Å². The number of primary amides is 1. The average Bonchev–Trinajstić information content (AvgIpc) is 2.77. The number of nitrogens with two attached hydrogens (primary N) is 1. The molecule has 2 aliphatic heterocycles. The molecule has 0 spiro atoms. The minimum Gasteiger partial charge on any atom is -0.369 e. The smallest absolute Gasteiger partial charge is 0.255 e. The van der Waals surface area contributed by atoms with Crippen molar-refractivity contribution in [3.8, 4) is 0 Å². The molecule has 0 saturated carbocycles. The molecule has 0 bridgehead atoms. The first-order valence-electron chi connectivity index (χ1n) is 8.40. The van der Waals surface area contributed by atoms with Crippen LogP contribution in [0.5, 0.6) is 0 Å². The molecular formula is C17H24N4O2. The van der Waals surface area contributed by atoms with Gasteiger partial charge in [-0.15, -0.1) is 0 Å². The van der Waals surface area contributed by atoms with Crippen LogP contribution >= 0.6 is 0 Å². The highest BCUT2D eigenvalue weighted by Crippen LogP contribution is 2.30. The third kappa shape index (κ3) is 3.52. The van der Waals surface area contributed by atoms with E-state index in [0.717, 1.165) is 45.2 Å². The standard InChI is InChI=1S/C17H24N4O2/c18-16(22)12-20-9-2-1-6-15-14(20)7-4-10-21(15)17(23)13-5-3-8-19-11-13/h3,5,8,11,14-15H,1-2,4,6-7,9-10,12H2,(H2,18,22)/t14-,15-/m1/s1. The molecule has 3 rings (SSSR count). The van der Waals surface area contributed by atoms with E-state index in [1.807, 2.05) is 11.0 Å².